The molecule has 3 N–H and O–H groups in total. The predicted molar refractivity (Wildman–Crippen MR) is 86.9 cm³/mol. The zero-order valence-corrected chi connectivity index (χ0v) is 14.0. The van der Waals surface area contributed by atoms with Crippen LogP contribution in [0.25, 0.3) is 0 Å². The van der Waals surface area contributed by atoms with Gasteiger partial charge >= 0.3 is 0 Å². The van der Waals surface area contributed by atoms with Crippen LogP contribution in [-0.2, 0) is 4.79 Å². The van der Waals surface area contributed by atoms with Crippen LogP contribution in [0.5, 0.6) is 0 Å². The van der Waals surface area contributed by atoms with Gasteiger partial charge in [0.1, 0.15) is 0 Å². The van der Waals surface area contributed by atoms with E-state index >= 15 is 0 Å². The van der Waals surface area contributed by atoms with Crippen molar-refractivity contribution in [3.05, 3.63) is 0 Å². The fourth-order valence-electron chi connectivity index (χ4n) is 4.28. The second-order valence-electron chi connectivity index (χ2n) is 7.09. The van der Waals surface area contributed by atoms with E-state index in [9.17, 15) is 4.79 Å². The zero-order valence-electron chi connectivity index (χ0n) is 14.0. The summed E-state index contributed by atoms with van der Waals surface area (Å²) in [7, 11) is 0. The highest BCUT2D eigenvalue weighted by atomic mass is 16.1. The highest BCUT2D eigenvalue weighted by molar-refractivity contribution is 5.79. The number of nitrogens with one attached hydrogen (secondary N) is 1. The predicted octanol–water partition coefficient (Wildman–Crippen LogP) is 1.99. The number of rotatable bonds is 6. The number of fused-ring (bicyclic) bond motifs is 2. The fourth-order valence-corrected chi connectivity index (χ4v) is 4.28. The summed E-state index contributed by atoms with van der Waals surface area (Å²) in [6.45, 7) is 9.48. The molecule has 2 aliphatic carbocycles. The number of hydrogen-bond donors (Lipinski definition) is 2. The van der Waals surface area contributed by atoms with E-state index in [-0.39, 0.29) is 17.9 Å². The molecule has 3 atom stereocenters. The van der Waals surface area contributed by atoms with Gasteiger partial charge in [0.15, 0.2) is 0 Å². The Kier molecular flexibility index (Phi) is 6.06. The maximum absolute atomic E-state index is 12.5. The highest BCUT2D eigenvalue weighted by Gasteiger charge is 2.40. The van der Waals surface area contributed by atoms with Gasteiger partial charge in [-0.05, 0) is 57.5 Å². The molecule has 2 aliphatic rings. The van der Waals surface area contributed by atoms with E-state index in [0.717, 1.165) is 32.5 Å². The summed E-state index contributed by atoms with van der Waals surface area (Å²) in [5.74, 6) is 1.61. The molecule has 2 rings (SSSR count). The SMILES string of the molecule is CCN(CC)CC(C)NC(=O)C1CC2CCCC(C1)C2N. The third-order valence-corrected chi connectivity index (χ3v) is 5.60. The quantitative estimate of drug-likeness (QED) is 0.788. The molecule has 0 aliphatic heterocycles. The largest absolute Gasteiger partial charge is 0.352 e. The molecule has 2 fully saturated rings. The molecule has 2 bridgehead atoms. The summed E-state index contributed by atoms with van der Waals surface area (Å²) < 4.78 is 0. The van der Waals surface area contributed by atoms with Gasteiger partial charge in [-0.25, -0.2) is 0 Å². The molecule has 0 aromatic heterocycles. The van der Waals surface area contributed by atoms with Crippen LogP contribution in [0, 0.1) is 17.8 Å². The minimum atomic E-state index is 0.194. The fraction of sp³-hybridized carbons (Fsp3) is 0.941. The van der Waals surface area contributed by atoms with Gasteiger partial charge in [-0.15, -0.1) is 0 Å². The Bertz CT molecular complexity index is 329. The molecular weight excluding hydrogens is 262 g/mol. The van der Waals surface area contributed by atoms with Crippen molar-refractivity contribution in [1.29, 1.82) is 0 Å². The Morgan fingerprint density at radius 1 is 1.24 bits per heavy atom. The number of likely N-dealkylation sites (N-methyl/N-ethyl adjacent to an activating group) is 1. The summed E-state index contributed by atoms with van der Waals surface area (Å²) >= 11 is 0. The lowest BCUT2D eigenvalue weighted by Crippen LogP contribution is -2.51. The molecule has 21 heavy (non-hydrogen) atoms. The summed E-state index contributed by atoms with van der Waals surface area (Å²) in [4.78, 5) is 14.9. The molecule has 4 nitrogen and oxygen atoms in total. The van der Waals surface area contributed by atoms with E-state index in [4.69, 9.17) is 5.73 Å². The van der Waals surface area contributed by atoms with Crippen LogP contribution in [0.15, 0.2) is 0 Å². The number of nitrogens with zero attached hydrogens (tertiary/aromatic N) is 1. The Labute approximate surface area is 129 Å². The Balaban J connectivity index is 1.83. The number of hydrogen-bond acceptors (Lipinski definition) is 3. The Hall–Kier alpha value is -0.610. The van der Waals surface area contributed by atoms with Crippen molar-refractivity contribution in [1.82, 2.24) is 10.2 Å². The molecular formula is C17H33N3O. The summed E-state index contributed by atoms with van der Waals surface area (Å²) in [6, 6.07) is 0.573. The monoisotopic (exact) mass is 295 g/mol. The van der Waals surface area contributed by atoms with Crippen LogP contribution in [0.2, 0.25) is 0 Å². The number of carbonyl (C=O) groups is 1. The average Bonchev–Trinajstić information content (AvgIpc) is 2.44. The van der Waals surface area contributed by atoms with Crippen molar-refractivity contribution in [3.8, 4) is 0 Å². The third-order valence-electron chi connectivity index (χ3n) is 5.60. The van der Waals surface area contributed by atoms with Crippen molar-refractivity contribution < 1.29 is 4.79 Å². The van der Waals surface area contributed by atoms with E-state index in [2.05, 4.69) is 31.0 Å². The van der Waals surface area contributed by atoms with Crippen LogP contribution in [0.4, 0.5) is 0 Å². The van der Waals surface area contributed by atoms with Crippen molar-refractivity contribution in [3.63, 3.8) is 0 Å². The molecule has 0 spiro atoms. The Morgan fingerprint density at radius 3 is 2.33 bits per heavy atom. The lowest BCUT2D eigenvalue weighted by atomic mass is 9.65. The first-order valence-electron chi connectivity index (χ1n) is 8.83. The standard InChI is InChI=1S/C17H33N3O/c1-4-20(5-2)11-12(3)19-17(21)15-9-13-7-6-8-14(10-15)16(13)18/h12-16H,4-11,18H2,1-3H3,(H,19,21). The third kappa shape index (κ3) is 4.19. The summed E-state index contributed by atoms with van der Waals surface area (Å²) in [6.07, 6.45) is 5.74. The molecule has 1 amide bonds. The molecule has 122 valence electrons. The van der Waals surface area contributed by atoms with Gasteiger partial charge in [0.25, 0.3) is 0 Å². The van der Waals surface area contributed by atoms with Gasteiger partial charge in [-0.1, -0.05) is 20.3 Å². The van der Waals surface area contributed by atoms with Crippen LogP contribution < -0.4 is 11.1 Å². The topological polar surface area (TPSA) is 58.4 Å². The lowest BCUT2D eigenvalue weighted by molar-refractivity contribution is -0.128. The van der Waals surface area contributed by atoms with Crippen LogP contribution in [0.1, 0.15) is 52.9 Å². The van der Waals surface area contributed by atoms with Gasteiger partial charge in [0.2, 0.25) is 5.91 Å². The molecule has 4 heteroatoms. The molecule has 3 unspecified atom stereocenters. The molecule has 2 saturated carbocycles. The smallest absolute Gasteiger partial charge is 0.223 e. The second kappa shape index (κ2) is 7.59. The Morgan fingerprint density at radius 2 is 1.81 bits per heavy atom. The van der Waals surface area contributed by atoms with E-state index in [1.54, 1.807) is 0 Å². The number of carbonyl (C=O) groups excluding carboxylic acids is 1. The number of nitrogens with two attached hydrogens (primary N) is 1. The normalized spacial score (nSPS) is 33.8. The average molecular weight is 295 g/mol. The highest BCUT2D eigenvalue weighted by Crippen LogP contribution is 2.41. The molecule has 0 saturated heterocycles. The van der Waals surface area contributed by atoms with Crippen molar-refractivity contribution in [2.75, 3.05) is 19.6 Å². The summed E-state index contributed by atoms with van der Waals surface area (Å²) in [5.41, 5.74) is 6.31. The van der Waals surface area contributed by atoms with Crippen molar-refractivity contribution in [2.24, 2.45) is 23.5 Å². The van der Waals surface area contributed by atoms with Crippen LogP contribution >= 0.6 is 0 Å². The molecule has 0 aromatic carbocycles. The summed E-state index contributed by atoms with van der Waals surface area (Å²) in [5, 5.41) is 3.23. The van der Waals surface area contributed by atoms with Gasteiger partial charge in [0.05, 0.1) is 0 Å². The minimum absolute atomic E-state index is 0.194. The van der Waals surface area contributed by atoms with Crippen molar-refractivity contribution in [2.45, 2.75) is 65.0 Å². The second-order valence-corrected chi connectivity index (χ2v) is 7.09. The van der Waals surface area contributed by atoms with Gasteiger partial charge < -0.3 is 16.0 Å². The van der Waals surface area contributed by atoms with E-state index < -0.39 is 0 Å². The van der Waals surface area contributed by atoms with E-state index in [0.29, 0.717) is 17.9 Å². The lowest BCUT2D eigenvalue weighted by Gasteiger charge is -2.43. The van der Waals surface area contributed by atoms with Crippen LogP contribution in [-0.4, -0.2) is 42.5 Å². The van der Waals surface area contributed by atoms with Crippen molar-refractivity contribution >= 4 is 5.91 Å². The first-order chi connectivity index (χ1) is 10.0. The van der Waals surface area contributed by atoms with E-state index in [1.165, 1.54) is 19.3 Å². The maximum Gasteiger partial charge on any atom is 0.223 e. The van der Waals surface area contributed by atoms with Crippen LogP contribution in [0.3, 0.4) is 0 Å². The van der Waals surface area contributed by atoms with E-state index in [1.807, 2.05) is 0 Å². The first kappa shape index (κ1) is 16.8. The minimum Gasteiger partial charge on any atom is -0.352 e. The van der Waals surface area contributed by atoms with Gasteiger partial charge in [-0.2, -0.15) is 0 Å². The molecule has 0 radical (unpaired) electrons. The maximum atomic E-state index is 12.5. The number of amides is 1. The van der Waals surface area contributed by atoms with Gasteiger partial charge in [0, 0.05) is 24.5 Å². The zero-order chi connectivity index (χ0) is 15.4. The first-order valence-corrected chi connectivity index (χ1v) is 8.83. The van der Waals surface area contributed by atoms with Gasteiger partial charge in [-0.3, -0.25) is 4.79 Å². The molecule has 0 heterocycles. The molecule has 0 aromatic rings.